The summed E-state index contributed by atoms with van der Waals surface area (Å²) in [5.74, 6) is 5.66. The Bertz CT molecular complexity index is 547. The second-order valence-electron chi connectivity index (χ2n) is 3.67. The predicted octanol–water partition coefficient (Wildman–Crippen LogP) is 3.21. The topological polar surface area (TPSA) is 47.3 Å². The van der Waals surface area contributed by atoms with Gasteiger partial charge in [0.2, 0.25) is 0 Å². The van der Waals surface area contributed by atoms with E-state index in [0.717, 1.165) is 9.35 Å². The lowest BCUT2D eigenvalue weighted by atomic mass is 10.0. The predicted molar refractivity (Wildman–Crippen MR) is 74.1 cm³/mol. The number of ether oxygens (including phenoxy) is 1. The molecule has 96 valence electrons. The Labute approximate surface area is 117 Å². The summed E-state index contributed by atoms with van der Waals surface area (Å²) in [6, 6.07) is 6.27. The van der Waals surface area contributed by atoms with Crippen LogP contribution in [0.5, 0.6) is 5.75 Å². The van der Waals surface area contributed by atoms with Gasteiger partial charge in [-0.2, -0.15) is 0 Å². The van der Waals surface area contributed by atoms with E-state index in [-0.39, 0.29) is 11.9 Å². The number of nitrogens with one attached hydrogen (secondary N) is 1. The third-order valence-electron chi connectivity index (χ3n) is 2.61. The summed E-state index contributed by atoms with van der Waals surface area (Å²) < 4.78 is 19.9. The van der Waals surface area contributed by atoms with E-state index in [1.807, 2.05) is 11.4 Å². The SMILES string of the molecule is COc1ccc(C(NN)c2csc(Br)c2)c(F)c1. The maximum Gasteiger partial charge on any atom is 0.132 e. The number of nitrogens with two attached hydrogens (primary N) is 1. The molecule has 0 aliphatic carbocycles. The van der Waals surface area contributed by atoms with Gasteiger partial charge in [0.05, 0.1) is 16.9 Å². The van der Waals surface area contributed by atoms with E-state index in [9.17, 15) is 4.39 Å². The first-order valence-corrected chi connectivity index (χ1v) is 6.86. The monoisotopic (exact) mass is 330 g/mol. The van der Waals surface area contributed by atoms with Crippen molar-refractivity contribution in [3.63, 3.8) is 0 Å². The van der Waals surface area contributed by atoms with Crippen molar-refractivity contribution < 1.29 is 9.13 Å². The molecule has 1 heterocycles. The van der Waals surface area contributed by atoms with Gasteiger partial charge in [0.1, 0.15) is 11.6 Å². The fourth-order valence-electron chi connectivity index (χ4n) is 1.71. The highest BCUT2D eigenvalue weighted by atomic mass is 79.9. The number of hydrogen-bond donors (Lipinski definition) is 2. The van der Waals surface area contributed by atoms with Crippen LogP contribution in [0.3, 0.4) is 0 Å². The molecule has 0 bridgehead atoms. The largest absolute Gasteiger partial charge is 0.497 e. The molecule has 0 amide bonds. The van der Waals surface area contributed by atoms with Crippen LogP contribution in [0.25, 0.3) is 0 Å². The standard InChI is InChI=1S/C12H12BrFN2OS/c1-17-8-2-3-9(10(14)5-8)12(16-15)7-4-11(13)18-6-7/h2-6,12,16H,15H2,1H3. The van der Waals surface area contributed by atoms with Crippen molar-refractivity contribution in [1.82, 2.24) is 5.43 Å². The van der Waals surface area contributed by atoms with Gasteiger partial charge in [0.25, 0.3) is 0 Å². The summed E-state index contributed by atoms with van der Waals surface area (Å²) in [5, 5.41) is 1.93. The molecule has 1 unspecified atom stereocenters. The van der Waals surface area contributed by atoms with Gasteiger partial charge in [-0.05, 0) is 39.0 Å². The van der Waals surface area contributed by atoms with E-state index in [1.54, 1.807) is 12.1 Å². The van der Waals surface area contributed by atoms with Crippen molar-refractivity contribution in [3.8, 4) is 5.75 Å². The van der Waals surface area contributed by atoms with Crippen LogP contribution < -0.4 is 16.0 Å². The molecule has 1 aromatic heterocycles. The van der Waals surface area contributed by atoms with Gasteiger partial charge in [0.15, 0.2) is 0 Å². The zero-order chi connectivity index (χ0) is 13.1. The average Bonchev–Trinajstić information content (AvgIpc) is 2.78. The van der Waals surface area contributed by atoms with E-state index in [4.69, 9.17) is 10.6 Å². The average molecular weight is 331 g/mol. The zero-order valence-corrected chi connectivity index (χ0v) is 12.0. The molecule has 6 heteroatoms. The van der Waals surface area contributed by atoms with Crippen LogP contribution >= 0.6 is 27.3 Å². The van der Waals surface area contributed by atoms with Crippen LogP contribution in [0.2, 0.25) is 0 Å². The summed E-state index contributed by atoms with van der Waals surface area (Å²) >= 11 is 4.91. The smallest absolute Gasteiger partial charge is 0.132 e. The summed E-state index contributed by atoms with van der Waals surface area (Å²) in [7, 11) is 1.50. The maximum absolute atomic E-state index is 14.0. The lowest BCUT2D eigenvalue weighted by Crippen LogP contribution is -2.29. The molecule has 2 rings (SSSR count). The zero-order valence-electron chi connectivity index (χ0n) is 9.61. The Morgan fingerprint density at radius 3 is 2.72 bits per heavy atom. The highest BCUT2D eigenvalue weighted by Crippen LogP contribution is 2.31. The van der Waals surface area contributed by atoms with Gasteiger partial charge in [-0.1, -0.05) is 6.07 Å². The number of hydrogen-bond acceptors (Lipinski definition) is 4. The van der Waals surface area contributed by atoms with E-state index < -0.39 is 0 Å². The van der Waals surface area contributed by atoms with Crippen molar-refractivity contribution >= 4 is 27.3 Å². The first kappa shape index (κ1) is 13.5. The molecule has 0 aliphatic rings. The molecule has 0 fully saturated rings. The van der Waals surface area contributed by atoms with Gasteiger partial charge in [-0.3, -0.25) is 5.84 Å². The first-order valence-electron chi connectivity index (χ1n) is 5.19. The lowest BCUT2D eigenvalue weighted by molar-refractivity contribution is 0.410. The quantitative estimate of drug-likeness (QED) is 0.668. The van der Waals surface area contributed by atoms with Gasteiger partial charge >= 0.3 is 0 Å². The number of halogens is 2. The third-order valence-corrected chi connectivity index (χ3v) is 4.13. The molecule has 0 radical (unpaired) electrons. The number of rotatable bonds is 4. The van der Waals surface area contributed by atoms with Crippen molar-refractivity contribution in [2.45, 2.75) is 6.04 Å². The van der Waals surface area contributed by atoms with Crippen LogP contribution in [0.1, 0.15) is 17.2 Å². The lowest BCUT2D eigenvalue weighted by Gasteiger charge is -2.16. The molecule has 18 heavy (non-hydrogen) atoms. The second kappa shape index (κ2) is 5.79. The molecule has 0 saturated carbocycles. The van der Waals surface area contributed by atoms with Crippen molar-refractivity contribution in [1.29, 1.82) is 0 Å². The van der Waals surface area contributed by atoms with Crippen LogP contribution in [0.15, 0.2) is 33.4 Å². The van der Waals surface area contributed by atoms with E-state index in [0.29, 0.717) is 11.3 Å². The molecule has 0 saturated heterocycles. The summed E-state index contributed by atoms with van der Waals surface area (Å²) in [6.07, 6.45) is 0. The molecule has 3 N–H and O–H groups in total. The Hall–Kier alpha value is -0.950. The van der Waals surface area contributed by atoms with Crippen LogP contribution in [-0.2, 0) is 0 Å². The van der Waals surface area contributed by atoms with Crippen LogP contribution in [-0.4, -0.2) is 7.11 Å². The van der Waals surface area contributed by atoms with Gasteiger partial charge < -0.3 is 4.74 Å². The highest BCUT2D eigenvalue weighted by molar-refractivity contribution is 9.11. The fraction of sp³-hybridized carbons (Fsp3) is 0.167. The molecule has 0 aliphatic heterocycles. The van der Waals surface area contributed by atoms with Gasteiger partial charge in [-0.15, -0.1) is 11.3 Å². The highest BCUT2D eigenvalue weighted by Gasteiger charge is 2.18. The first-order chi connectivity index (χ1) is 8.65. The van der Waals surface area contributed by atoms with Gasteiger partial charge in [-0.25, -0.2) is 9.82 Å². The minimum Gasteiger partial charge on any atom is -0.497 e. The number of methoxy groups -OCH3 is 1. The Morgan fingerprint density at radius 1 is 1.44 bits per heavy atom. The van der Waals surface area contributed by atoms with Crippen molar-refractivity contribution in [3.05, 3.63) is 50.4 Å². The summed E-state index contributed by atoms with van der Waals surface area (Å²) in [5.41, 5.74) is 4.04. The third kappa shape index (κ3) is 2.72. The van der Waals surface area contributed by atoms with Crippen LogP contribution in [0, 0.1) is 5.82 Å². The molecule has 0 spiro atoms. The molecule has 3 nitrogen and oxygen atoms in total. The van der Waals surface area contributed by atoms with Crippen molar-refractivity contribution in [2.75, 3.05) is 7.11 Å². The Morgan fingerprint density at radius 2 is 2.22 bits per heavy atom. The number of benzene rings is 1. The number of hydrazine groups is 1. The Balaban J connectivity index is 2.39. The molecule has 2 aromatic rings. The summed E-state index contributed by atoms with van der Waals surface area (Å²) in [6.45, 7) is 0. The minimum absolute atomic E-state index is 0.348. The fourth-order valence-corrected chi connectivity index (χ4v) is 2.91. The van der Waals surface area contributed by atoms with Crippen LogP contribution in [0.4, 0.5) is 4.39 Å². The van der Waals surface area contributed by atoms with Gasteiger partial charge in [0, 0.05) is 11.6 Å². The normalized spacial score (nSPS) is 12.4. The summed E-state index contributed by atoms with van der Waals surface area (Å²) in [4.78, 5) is 0. The molecular formula is C12H12BrFN2OS. The van der Waals surface area contributed by atoms with E-state index >= 15 is 0 Å². The Kier molecular flexibility index (Phi) is 4.34. The molecule has 1 atom stereocenters. The second-order valence-corrected chi connectivity index (χ2v) is 5.96. The van der Waals surface area contributed by atoms with Crippen molar-refractivity contribution in [2.24, 2.45) is 5.84 Å². The van der Waals surface area contributed by atoms with E-state index in [2.05, 4.69) is 21.4 Å². The number of thiophene rings is 1. The van der Waals surface area contributed by atoms with E-state index in [1.165, 1.54) is 24.5 Å². The molecule has 1 aromatic carbocycles. The molecular weight excluding hydrogens is 319 g/mol. The maximum atomic E-state index is 14.0. The minimum atomic E-state index is -0.376.